The second-order valence-corrected chi connectivity index (χ2v) is 7.93. The van der Waals surface area contributed by atoms with Gasteiger partial charge in [-0.2, -0.15) is 0 Å². The van der Waals surface area contributed by atoms with Gasteiger partial charge in [0.05, 0.1) is 16.2 Å². The first-order valence-corrected chi connectivity index (χ1v) is 8.00. The molecule has 2 aliphatic rings. The van der Waals surface area contributed by atoms with E-state index in [1.165, 1.54) is 0 Å². The monoisotopic (exact) mass is 267 g/mol. The summed E-state index contributed by atoms with van der Waals surface area (Å²) in [5.74, 6) is 0. The highest BCUT2D eigenvalue weighted by molar-refractivity contribution is 7.92. The highest BCUT2D eigenvalue weighted by atomic mass is 32.2. The molecule has 3 heterocycles. The van der Waals surface area contributed by atoms with Crippen molar-refractivity contribution in [3.63, 3.8) is 0 Å². The van der Waals surface area contributed by atoms with Crippen LogP contribution >= 0.6 is 0 Å². The quantitative estimate of drug-likeness (QED) is 0.835. The SMILES string of the molecule is O=S1(=O)C2CCCC1CC(O)(c1ccccn1)C2. The van der Waals surface area contributed by atoms with Gasteiger partial charge in [0.2, 0.25) is 0 Å². The first kappa shape index (κ1) is 12.1. The molecule has 4 nitrogen and oxygen atoms in total. The maximum atomic E-state index is 12.2. The summed E-state index contributed by atoms with van der Waals surface area (Å²) >= 11 is 0. The van der Waals surface area contributed by atoms with E-state index < -0.39 is 25.9 Å². The number of rotatable bonds is 1. The molecule has 0 aliphatic carbocycles. The smallest absolute Gasteiger partial charge is 0.156 e. The average Bonchev–Trinajstić information content (AvgIpc) is 2.33. The predicted molar refractivity (Wildman–Crippen MR) is 67.7 cm³/mol. The number of pyridine rings is 1. The van der Waals surface area contributed by atoms with Crippen LogP contribution in [0.1, 0.15) is 37.8 Å². The number of sulfone groups is 1. The fraction of sp³-hybridized carbons (Fsp3) is 0.615. The maximum Gasteiger partial charge on any atom is 0.156 e. The van der Waals surface area contributed by atoms with E-state index in [1.54, 1.807) is 18.3 Å². The molecule has 98 valence electrons. The Bertz CT molecular complexity index is 521. The summed E-state index contributed by atoms with van der Waals surface area (Å²) in [6.07, 6.45) is 4.53. The number of nitrogens with zero attached hydrogens (tertiary/aromatic N) is 1. The van der Waals surface area contributed by atoms with E-state index in [0.29, 0.717) is 31.4 Å². The molecule has 0 amide bonds. The molecule has 2 saturated heterocycles. The van der Waals surface area contributed by atoms with Crippen LogP contribution < -0.4 is 0 Å². The second-order valence-electron chi connectivity index (χ2n) is 5.42. The minimum absolute atomic E-state index is 0.294. The van der Waals surface area contributed by atoms with E-state index in [0.717, 1.165) is 6.42 Å². The van der Waals surface area contributed by atoms with Crippen LogP contribution in [-0.2, 0) is 15.4 Å². The van der Waals surface area contributed by atoms with Crippen LogP contribution in [0.15, 0.2) is 24.4 Å². The van der Waals surface area contributed by atoms with Gasteiger partial charge in [-0.15, -0.1) is 0 Å². The summed E-state index contributed by atoms with van der Waals surface area (Å²) < 4.78 is 24.4. The van der Waals surface area contributed by atoms with E-state index in [2.05, 4.69) is 4.98 Å². The number of hydrogen-bond acceptors (Lipinski definition) is 4. The number of fused-ring (bicyclic) bond motifs is 2. The third-order valence-corrected chi connectivity index (χ3v) is 6.92. The van der Waals surface area contributed by atoms with Crippen molar-refractivity contribution < 1.29 is 13.5 Å². The normalized spacial score (nSPS) is 38.3. The van der Waals surface area contributed by atoms with Crippen LogP contribution in [0, 0.1) is 0 Å². The minimum Gasteiger partial charge on any atom is -0.383 e. The van der Waals surface area contributed by atoms with Gasteiger partial charge >= 0.3 is 0 Å². The number of aromatic nitrogens is 1. The Hall–Kier alpha value is -0.940. The summed E-state index contributed by atoms with van der Waals surface area (Å²) in [7, 11) is -3.03. The second kappa shape index (κ2) is 4.03. The molecule has 2 aliphatic heterocycles. The molecule has 18 heavy (non-hydrogen) atoms. The van der Waals surface area contributed by atoms with Gasteiger partial charge < -0.3 is 5.11 Å². The van der Waals surface area contributed by atoms with E-state index in [1.807, 2.05) is 6.07 Å². The van der Waals surface area contributed by atoms with Gasteiger partial charge in [0.15, 0.2) is 9.84 Å². The van der Waals surface area contributed by atoms with Crippen molar-refractivity contribution in [2.45, 2.75) is 48.2 Å². The van der Waals surface area contributed by atoms with Crippen molar-refractivity contribution in [3.8, 4) is 0 Å². The van der Waals surface area contributed by atoms with Gasteiger partial charge in [0, 0.05) is 6.20 Å². The highest BCUT2D eigenvalue weighted by Gasteiger charge is 2.51. The van der Waals surface area contributed by atoms with E-state index in [9.17, 15) is 13.5 Å². The molecule has 5 heteroatoms. The molecule has 1 N–H and O–H groups in total. The lowest BCUT2D eigenvalue weighted by atomic mass is 9.83. The Morgan fingerprint density at radius 1 is 1.22 bits per heavy atom. The van der Waals surface area contributed by atoms with Gasteiger partial charge in [0.1, 0.15) is 5.60 Å². The van der Waals surface area contributed by atoms with Crippen molar-refractivity contribution in [1.29, 1.82) is 0 Å². The Balaban J connectivity index is 1.98. The van der Waals surface area contributed by atoms with E-state index in [4.69, 9.17) is 0 Å². The molecular formula is C13H17NO3S. The van der Waals surface area contributed by atoms with Crippen molar-refractivity contribution in [3.05, 3.63) is 30.1 Å². The van der Waals surface area contributed by atoms with Gasteiger partial charge in [-0.05, 0) is 37.8 Å². The van der Waals surface area contributed by atoms with E-state index in [-0.39, 0.29) is 0 Å². The van der Waals surface area contributed by atoms with Crippen molar-refractivity contribution in [2.75, 3.05) is 0 Å². The Kier molecular flexibility index (Phi) is 2.71. The summed E-state index contributed by atoms with van der Waals surface area (Å²) in [5, 5.41) is 9.97. The lowest BCUT2D eigenvalue weighted by molar-refractivity contribution is 0.000995. The first-order valence-electron chi connectivity index (χ1n) is 6.39. The molecule has 0 aromatic carbocycles. The van der Waals surface area contributed by atoms with Crippen LogP contribution in [0.2, 0.25) is 0 Å². The predicted octanol–water partition coefficient (Wildman–Crippen LogP) is 1.40. The molecule has 2 atom stereocenters. The molecular weight excluding hydrogens is 250 g/mol. The molecule has 2 fully saturated rings. The molecule has 0 spiro atoms. The van der Waals surface area contributed by atoms with Crippen LogP contribution in [0.25, 0.3) is 0 Å². The molecule has 0 saturated carbocycles. The Morgan fingerprint density at radius 2 is 1.89 bits per heavy atom. The van der Waals surface area contributed by atoms with Crippen molar-refractivity contribution >= 4 is 9.84 Å². The maximum absolute atomic E-state index is 12.2. The van der Waals surface area contributed by atoms with Gasteiger partial charge in [0.25, 0.3) is 0 Å². The lowest BCUT2D eigenvalue weighted by Crippen LogP contribution is -2.50. The van der Waals surface area contributed by atoms with E-state index >= 15 is 0 Å². The third-order valence-electron chi connectivity index (χ3n) is 4.25. The van der Waals surface area contributed by atoms with Gasteiger partial charge in [-0.3, -0.25) is 4.98 Å². The first-order chi connectivity index (χ1) is 8.52. The highest BCUT2D eigenvalue weighted by Crippen LogP contribution is 2.45. The topological polar surface area (TPSA) is 67.3 Å². The standard InChI is InChI=1S/C13H17NO3S/c15-13(12-6-1-2-7-14-12)8-10-4-3-5-11(9-13)18(10,16)17/h1-2,6-7,10-11,15H,3-5,8-9H2. The molecule has 2 unspecified atom stereocenters. The fourth-order valence-electron chi connectivity index (χ4n) is 3.29. The van der Waals surface area contributed by atoms with Gasteiger partial charge in [-0.1, -0.05) is 12.5 Å². The van der Waals surface area contributed by atoms with Crippen LogP contribution in [0.5, 0.6) is 0 Å². The largest absolute Gasteiger partial charge is 0.383 e. The van der Waals surface area contributed by atoms with Crippen molar-refractivity contribution in [1.82, 2.24) is 4.98 Å². The fourth-order valence-corrected chi connectivity index (χ4v) is 5.84. The molecule has 0 radical (unpaired) electrons. The van der Waals surface area contributed by atoms with Crippen LogP contribution in [-0.4, -0.2) is 29.0 Å². The number of aliphatic hydroxyl groups is 1. The summed E-state index contributed by atoms with van der Waals surface area (Å²) in [5.41, 5.74) is -0.459. The molecule has 1 aromatic heterocycles. The zero-order valence-corrected chi connectivity index (χ0v) is 10.9. The third kappa shape index (κ3) is 1.77. The summed E-state index contributed by atoms with van der Waals surface area (Å²) in [6, 6.07) is 5.42. The van der Waals surface area contributed by atoms with Crippen molar-refractivity contribution in [2.24, 2.45) is 0 Å². The summed E-state index contributed by atoms with van der Waals surface area (Å²) in [6.45, 7) is 0. The molecule has 2 bridgehead atoms. The lowest BCUT2D eigenvalue weighted by Gasteiger charge is -2.43. The zero-order chi connectivity index (χ0) is 12.8. The molecule has 1 aromatic rings. The van der Waals surface area contributed by atoms with Crippen LogP contribution in [0.4, 0.5) is 0 Å². The van der Waals surface area contributed by atoms with Crippen LogP contribution in [0.3, 0.4) is 0 Å². The molecule has 3 rings (SSSR count). The minimum atomic E-state index is -3.03. The number of hydrogen-bond donors (Lipinski definition) is 1. The summed E-state index contributed by atoms with van der Waals surface area (Å²) in [4.78, 5) is 4.20. The zero-order valence-electron chi connectivity index (χ0n) is 10.1. The Labute approximate surface area is 107 Å². The van der Waals surface area contributed by atoms with Gasteiger partial charge in [-0.25, -0.2) is 8.42 Å². The average molecular weight is 267 g/mol. The Morgan fingerprint density at radius 3 is 2.44 bits per heavy atom.